The molecule has 1 amide bonds. The van der Waals surface area contributed by atoms with Gasteiger partial charge in [-0.25, -0.2) is 14.8 Å². The molecule has 1 aromatic carbocycles. The van der Waals surface area contributed by atoms with Crippen LogP contribution in [0.4, 0.5) is 5.95 Å². The van der Waals surface area contributed by atoms with Crippen molar-refractivity contribution in [2.24, 2.45) is 0 Å². The fourth-order valence-electron chi connectivity index (χ4n) is 3.77. The Bertz CT molecular complexity index is 1020. The summed E-state index contributed by atoms with van der Waals surface area (Å²) in [4.78, 5) is 37.9. The van der Waals surface area contributed by atoms with E-state index in [1.54, 1.807) is 27.6 Å². The first-order chi connectivity index (χ1) is 13.7. The summed E-state index contributed by atoms with van der Waals surface area (Å²) in [5, 5.41) is 0. The molecule has 1 aliphatic heterocycles. The Morgan fingerprint density at radius 2 is 1.61 bits per heavy atom. The Morgan fingerprint density at radius 3 is 2.25 bits per heavy atom. The second-order valence-electron chi connectivity index (χ2n) is 6.83. The molecule has 0 bridgehead atoms. The lowest BCUT2D eigenvalue weighted by Crippen LogP contribution is -2.49. The summed E-state index contributed by atoms with van der Waals surface area (Å²) in [6.45, 7) is 5.68. The number of imidazole rings is 1. The summed E-state index contributed by atoms with van der Waals surface area (Å²) in [5.41, 5.74) is 1.75. The lowest BCUT2D eigenvalue weighted by atomic mass is 10.2. The van der Waals surface area contributed by atoms with E-state index in [0.717, 1.165) is 11.0 Å². The van der Waals surface area contributed by atoms with Crippen LogP contribution in [0.3, 0.4) is 0 Å². The van der Waals surface area contributed by atoms with E-state index in [-0.39, 0.29) is 11.6 Å². The van der Waals surface area contributed by atoms with E-state index in [0.29, 0.717) is 51.6 Å². The lowest BCUT2D eigenvalue weighted by molar-refractivity contribution is -0.131. The summed E-state index contributed by atoms with van der Waals surface area (Å²) >= 11 is 0. The topological polar surface area (TPSA) is 76.3 Å². The predicted octanol–water partition coefficient (Wildman–Crippen LogP) is 1.35. The van der Waals surface area contributed by atoms with Crippen LogP contribution in [-0.2, 0) is 17.9 Å². The molecular weight excluding hydrogens is 356 g/mol. The highest BCUT2D eigenvalue weighted by molar-refractivity contribution is 5.78. The van der Waals surface area contributed by atoms with Crippen molar-refractivity contribution in [3.05, 3.63) is 53.2 Å². The molecule has 0 unspecified atom stereocenters. The number of aryl methyl sites for hydroxylation is 2. The summed E-state index contributed by atoms with van der Waals surface area (Å²) in [7, 11) is 0. The monoisotopic (exact) mass is 380 g/mol. The summed E-state index contributed by atoms with van der Waals surface area (Å²) in [6, 6.07) is 9.53. The number of carbonyl (C=O) groups excluding carboxylic acids is 1. The molecule has 28 heavy (non-hydrogen) atoms. The van der Waals surface area contributed by atoms with Gasteiger partial charge in [-0.05, 0) is 25.1 Å². The molecule has 0 N–H and O–H groups in total. The van der Waals surface area contributed by atoms with Gasteiger partial charge in [0.05, 0.1) is 11.0 Å². The Labute approximate surface area is 163 Å². The zero-order valence-corrected chi connectivity index (χ0v) is 16.0. The lowest BCUT2D eigenvalue weighted by Gasteiger charge is -2.34. The minimum atomic E-state index is -0.0532. The highest BCUT2D eigenvalue weighted by Gasteiger charge is 2.22. The van der Waals surface area contributed by atoms with E-state index in [4.69, 9.17) is 0 Å². The van der Waals surface area contributed by atoms with Crippen LogP contribution < -0.4 is 10.6 Å². The fourth-order valence-corrected chi connectivity index (χ4v) is 3.77. The number of carbonyl (C=O) groups is 1. The number of benzene rings is 1. The second kappa shape index (κ2) is 7.84. The molecule has 3 aromatic rings. The average molecular weight is 380 g/mol. The largest absolute Gasteiger partial charge is 0.339 e. The molecule has 1 aliphatic rings. The normalized spacial score (nSPS) is 14.6. The Balaban J connectivity index is 1.40. The molecule has 0 spiro atoms. The first-order valence-electron chi connectivity index (χ1n) is 9.67. The molecule has 8 nitrogen and oxygen atoms in total. The molecule has 146 valence electrons. The number of hydrogen-bond acceptors (Lipinski definition) is 5. The Morgan fingerprint density at radius 1 is 0.964 bits per heavy atom. The third-order valence-electron chi connectivity index (χ3n) is 5.26. The molecule has 8 heteroatoms. The first-order valence-corrected chi connectivity index (χ1v) is 9.67. The predicted molar refractivity (Wildman–Crippen MR) is 107 cm³/mol. The Hall–Kier alpha value is -3.16. The van der Waals surface area contributed by atoms with Gasteiger partial charge in [0, 0.05) is 58.1 Å². The van der Waals surface area contributed by atoms with Crippen molar-refractivity contribution in [1.82, 2.24) is 24.0 Å². The van der Waals surface area contributed by atoms with E-state index < -0.39 is 0 Å². The number of hydrogen-bond donors (Lipinski definition) is 0. The van der Waals surface area contributed by atoms with E-state index >= 15 is 0 Å². The zero-order valence-electron chi connectivity index (χ0n) is 16.0. The maximum Gasteiger partial charge on any atom is 0.329 e. The van der Waals surface area contributed by atoms with Crippen LogP contribution in [0, 0.1) is 0 Å². The van der Waals surface area contributed by atoms with Gasteiger partial charge in [0.15, 0.2) is 0 Å². The van der Waals surface area contributed by atoms with Crippen LogP contribution in [0.2, 0.25) is 0 Å². The quantitative estimate of drug-likeness (QED) is 0.668. The van der Waals surface area contributed by atoms with Crippen LogP contribution in [0.25, 0.3) is 11.0 Å². The van der Waals surface area contributed by atoms with Crippen molar-refractivity contribution < 1.29 is 4.79 Å². The first kappa shape index (κ1) is 18.2. The zero-order chi connectivity index (χ0) is 19.5. The summed E-state index contributed by atoms with van der Waals surface area (Å²) in [6.07, 6.45) is 3.77. The summed E-state index contributed by atoms with van der Waals surface area (Å²) in [5.74, 6) is 0.780. The van der Waals surface area contributed by atoms with Gasteiger partial charge in [-0.2, -0.15) is 0 Å². The van der Waals surface area contributed by atoms with Gasteiger partial charge < -0.3 is 9.80 Å². The van der Waals surface area contributed by atoms with Crippen LogP contribution in [0.15, 0.2) is 47.5 Å². The Kier molecular flexibility index (Phi) is 5.10. The molecule has 0 aliphatic carbocycles. The molecule has 0 atom stereocenters. The number of para-hydroxylation sites is 2. The number of fused-ring (bicyclic) bond motifs is 1. The highest BCUT2D eigenvalue weighted by atomic mass is 16.2. The van der Waals surface area contributed by atoms with E-state index in [1.165, 1.54) is 0 Å². The molecule has 2 aromatic heterocycles. The standard InChI is InChI=1S/C20H24N6O2/c1-2-25-16-6-3-4-7-17(16)26(20(25)28)11-8-18(27)23-12-14-24(15-13-23)19-21-9-5-10-22-19/h3-7,9-10H,2,8,11-15H2,1H3. The average Bonchev–Trinajstić information content (AvgIpc) is 3.03. The molecule has 0 radical (unpaired) electrons. The maximum absolute atomic E-state index is 12.7. The van der Waals surface area contributed by atoms with Crippen LogP contribution in [0.1, 0.15) is 13.3 Å². The van der Waals surface area contributed by atoms with Crippen molar-refractivity contribution in [1.29, 1.82) is 0 Å². The van der Waals surface area contributed by atoms with Crippen LogP contribution >= 0.6 is 0 Å². The van der Waals surface area contributed by atoms with Gasteiger partial charge in [-0.15, -0.1) is 0 Å². The molecule has 4 rings (SSSR count). The van der Waals surface area contributed by atoms with Gasteiger partial charge >= 0.3 is 5.69 Å². The third-order valence-corrected chi connectivity index (χ3v) is 5.26. The van der Waals surface area contributed by atoms with Gasteiger partial charge in [0.25, 0.3) is 0 Å². The van der Waals surface area contributed by atoms with E-state index in [9.17, 15) is 9.59 Å². The molecule has 1 fully saturated rings. The van der Waals surface area contributed by atoms with Crippen molar-refractivity contribution in [3.8, 4) is 0 Å². The number of nitrogens with zero attached hydrogens (tertiary/aromatic N) is 6. The molecule has 3 heterocycles. The smallest absolute Gasteiger partial charge is 0.329 e. The van der Waals surface area contributed by atoms with Gasteiger partial charge in [-0.3, -0.25) is 13.9 Å². The van der Waals surface area contributed by atoms with Crippen molar-refractivity contribution in [2.75, 3.05) is 31.1 Å². The minimum Gasteiger partial charge on any atom is -0.339 e. The number of rotatable bonds is 5. The molecular formula is C20H24N6O2. The van der Waals surface area contributed by atoms with Gasteiger partial charge in [0.2, 0.25) is 11.9 Å². The van der Waals surface area contributed by atoms with E-state index in [2.05, 4.69) is 14.9 Å². The van der Waals surface area contributed by atoms with E-state index in [1.807, 2.05) is 36.1 Å². The number of anilines is 1. The van der Waals surface area contributed by atoms with Gasteiger partial charge in [0.1, 0.15) is 0 Å². The highest BCUT2D eigenvalue weighted by Crippen LogP contribution is 2.14. The number of amides is 1. The number of aromatic nitrogens is 4. The van der Waals surface area contributed by atoms with Crippen molar-refractivity contribution >= 4 is 22.9 Å². The maximum atomic E-state index is 12.7. The minimum absolute atomic E-state index is 0.0532. The second-order valence-corrected chi connectivity index (χ2v) is 6.83. The summed E-state index contributed by atoms with van der Waals surface area (Å²) < 4.78 is 3.46. The molecule has 0 saturated carbocycles. The van der Waals surface area contributed by atoms with Crippen LogP contribution in [0.5, 0.6) is 0 Å². The fraction of sp³-hybridized carbons (Fsp3) is 0.400. The van der Waals surface area contributed by atoms with Crippen LogP contribution in [-0.4, -0.2) is 56.1 Å². The van der Waals surface area contributed by atoms with Crippen molar-refractivity contribution in [3.63, 3.8) is 0 Å². The molecule has 1 saturated heterocycles. The number of piperazine rings is 1. The van der Waals surface area contributed by atoms with Crippen molar-refractivity contribution in [2.45, 2.75) is 26.4 Å². The third kappa shape index (κ3) is 3.37. The SMILES string of the molecule is CCn1c(=O)n(CCC(=O)N2CCN(c3ncccn3)CC2)c2ccccc21. The van der Waals surface area contributed by atoms with Gasteiger partial charge in [-0.1, -0.05) is 12.1 Å².